The van der Waals surface area contributed by atoms with E-state index in [0.29, 0.717) is 39.4 Å². The van der Waals surface area contributed by atoms with Crippen LogP contribution in [0.4, 0.5) is 10.3 Å². The number of fused-ring (bicyclic) bond motifs is 1. The van der Waals surface area contributed by atoms with Crippen molar-refractivity contribution in [3.63, 3.8) is 0 Å². The average Bonchev–Trinajstić information content (AvgIpc) is 3.14. The molecule has 2 heterocycles. The molecular formula is C22H18ClFN4OS. The summed E-state index contributed by atoms with van der Waals surface area (Å²) in [6, 6.07) is 13.6. The number of allylic oxidation sites excluding steroid dienone is 2. The molecule has 5 rings (SSSR count). The zero-order valence-corrected chi connectivity index (χ0v) is 17.5. The van der Waals surface area contributed by atoms with Gasteiger partial charge in [0.05, 0.1) is 0 Å². The quantitative estimate of drug-likeness (QED) is 0.551. The Hall–Kier alpha value is -2.64. The monoisotopic (exact) mass is 440 g/mol. The number of rotatable bonds is 4. The number of hydrogen-bond donors (Lipinski definition) is 1. The highest BCUT2D eigenvalue weighted by atomic mass is 35.5. The van der Waals surface area contributed by atoms with E-state index in [-0.39, 0.29) is 11.6 Å². The van der Waals surface area contributed by atoms with Gasteiger partial charge in [-0.1, -0.05) is 53.7 Å². The van der Waals surface area contributed by atoms with Crippen LogP contribution in [0.15, 0.2) is 65.0 Å². The molecule has 1 aliphatic carbocycles. The summed E-state index contributed by atoms with van der Waals surface area (Å²) in [6.07, 6.45) is 1.98. The first kappa shape index (κ1) is 19.3. The van der Waals surface area contributed by atoms with Crippen LogP contribution < -0.4 is 5.32 Å². The van der Waals surface area contributed by atoms with Crippen molar-refractivity contribution >= 4 is 35.1 Å². The van der Waals surface area contributed by atoms with E-state index in [2.05, 4.69) is 15.4 Å². The van der Waals surface area contributed by atoms with Gasteiger partial charge >= 0.3 is 0 Å². The summed E-state index contributed by atoms with van der Waals surface area (Å²) >= 11 is 7.54. The Morgan fingerprint density at radius 2 is 2.07 bits per heavy atom. The first-order valence-corrected chi connectivity index (χ1v) is 11.1. The van der Waals surface area contributed by atoms with Gasteiger partial charge in [-0.3, -0.25) is 4.79 Å². The number of benzene rings is 2. The lowest BCUT2D eigenvalue weighted by molar-refractivity contribution is -0.116. The van der Waals surface area contributed by atoms with E-state index in [4.69, 9.17) is 11.6 Å². The van der Waals surface area contributed by atoms with Crippen molar-refractivity contribution < 1.29 is 9.18 Å². The van der Waals surface area contributed by atoms with Gasteiger partial charge in [0.25, 0.3) is 0 Å². The molecule has 2 aromatic carbocycles. The van der Waals surface area contributed by atoms with Crippen LogP contribution in [0.2, 0.25) is 5.02 Å². The number of aromatic nitrogens is 3. The number of carbonyl (C=O) groups is 1. The predicted molar refractivity (Wildman–Crippen MR) is 115 cm³/mol. The van der Waals surface area contributed by atoms with E-state index >= 15 is 0 Å². The molecule has 1 aromatic heterocycles. The molecule has 2 aliphatic rings. The molecule has 5 nitrogen and oxygen atoms in total. The molecule has 0 bridgehead atoms. The van der Waals surface area contributed by atoms with Crippen molar-refractivity contribution in [3.05, 3.63) is 81.8 Å². The van der Waals surface area contributed by atoms with Gasteiger partial charge in [0.1, 0.15) is 11.9 Å². The van der Waals surface area contributed by atoms with E-state index in [1.807, 2.05) is 24.3 Å². The molecule has 3 aromatic rings. The molecule has 0 unspecified atom stereocenters. The van der Waals surface area contributed by atoms with Crippen LogP contribution in [0.3, 0.4) is 0 Å². The van der Waals surface area contributed by atoms with Gasteiger partial charge in [-0.05, 0) is 36.6 Å². The van der Waals surface area contributed by atoms with Crippen LogP contribution in [0.25, 0.3) is 0 Å². The summed E-state index contributed by atoms with van der Waals surface area (Å²) in [4.78, 5) is 17.4. The summed E-state index contributed by atoms with van der Waals surface area (Å²) in [6.45, 7) is 0. The van der Waals surface area contributed by atoms with E-state index in [0.717, 1.165) is 24.1 Å². The molecule has 0 amide bonds. The number of nitrogens with one attached hydrogen (secondary N) is 1. The van der Waals surface area contributed by atoms with E-state index in [1.165, 1.54) is 17.8 Å². The zero-order chi connectivity index (χ0) is 20.7. The fourth-order valence-electron chi connectivity index (χ4n) is 3.96. The molecule has 0 spiro atoms. The lowest BCUT2D eigenvalue weighted by Crippen LogP contribution is -2.32. The molecule has 8 heteroatoms. The maximum atomic E-state index is 14.7. The third kappa shape index (κ3) is 3.52. The zero-order valence-electron chi connectivity index (χ0n) is 15.9. The van der Waals surface area contributed by atoms with Crippen LogP contribution in [0, 0.1) is 5.82 Å². The summed E-state index contributed by atoms with van der Waals surface area (Å²) in [5.74, 6) is 0.862. The van der Waals surface area contributed by atoms with Crippen molar-refractivity contribution in [1.82, 2.24) is 14.8 Å². The fraction of sp³-hybridized carbons (Fsp3) is 0.227. The van der Waals surface area contributed by atoms with Crippen molar-refractivity contribution in [2.75, 3.05) is 5.32 Å². The van der Waals surface area contributed by atoms with Crippen molar-refractivity contribution in [3.8, 4) is 0 Å². The molecule has 0 saturated heterocycles. The third-order valence-corrected chi connectivity index (χ3v) is 6.45. The highest BCUT2D eigenvalue weighted by molar-refractivity contribution is 7.98. The maximum absolute atomic E-state index is 14.7. The molecule has 1 N–H and O–H groups in total. The molecule has 0 radical (unpaired) electrons. The van der Waals surface area contributed by atoms with Gasteiger partial charge in [-0.25, -0.2) is 9.07 Å². The number of anilines is 1. The van der Waals surface area contributed by atoms with Gasteiger partial charge in [0.15, 0.2) is 5.78 Å². The molecule has 1 atom stereocenters. The minimum atomic E-state index is -0.613. The molecule has 0 fully saturated rings. The number of thioether (sulfide) groups is 1. The van der Waals surface area contributed by atoms with Crippen LogP contribution in [0.5, 0.6) is 0 Å². The largest absolute Gasteiger partial charge is 0.328 e. The van der Waals surface area contributed by atoms with Crippen LogP contribution in [-0.2, 0) is 10.5 Å². The Labute approximate surface area is 182 Å². The van der Waals surface area contributed by atoms with Gasteiger partial charge in [0.2, 0.25) is 11.1 Å². The molecular weight excluding hydrogens is 423 g/mol. The van der Waals surface area contributed by atoms with Crippen LogP contribution in [0.1, 0.15) is 36.4 Å². The van der Waals surface area contributed by atoms with Crippen molar-refractivity contribution in [2.24, 2.45) is 0 Å². The standard InChI is InChI=1S/C22H18ClFN4OS/c23-14-6-3-5-13(11-14)12-30-22-26-21-25-17-9-4-10-18(29)19(17)20(28(21)27-22)15-7-1-2-8-16(15)24/h1-3,5-8,11,20H,4,9-10,12H2,(H,25,26,27)/t20-/m1/s1. The molecule has 30 heavy (non-hydrogen) atoms. The number of nitrogens with zero attached hydrogens (tertiary/aromatic N) is 3. The average molecular weight is 441 g/mol. The lowest BCUT2D eigenvalue weighted by Gasteiger charge is -2.32. The Morgan fingerprint density at radius 1 is 1.20 bits per heavy atom. The van der Waals surface area contributed by atoms with Crippen molar-refractivity contribution in [1.29, 1.82) is 0 Å². The Kier molecular flexibility index (Phi) is 5.08. The molecule has 0 saturated carbocycles. The van der Waals surface area contributed by atoms with Gasteiger partial charge in [-0.2, -0.15) is 4.98 Å². The lowest BCUT2D eigenvalue weighted by atomic mass is 9.85. The predicted octanol–water partition coefficient (Wildman–Crippen LogP) is 5.38. The second-order valence-electron chi connectivity index (χ2n) is 7.30. The van der Waals surface area contributed by atoms with Crippen LogP contribution >= 0.6 is 23.4 Å². The number of hydrogen-bond acceptors (Lipinski definition) is 5. The topological polar surface area (TPSA) is 59.8 Å². The van der Waals surface area contributed by atoms with Crippen molar-refractivity contribution in [2.45, 2.75) is 36.2 Å². The maximum Gasteiger partial charge on any atom is 0.227 e. The summed E-state index contributed by atoms with van der Waals surface area (Å²) in [5.41, 5.74) is 2.91. The Balaban J connectivity index is 1.52. The Bertz CT molecular complexity index is 1180. The second kappa shape index (κ2) is 7.89. The van der Waals surface area contributed by atoms with E-state index in [1.54, 1.807) is 22.9 Å². The number of ketones is 1. The normalized spacial score (nSPS) is 18.1. The first-order chi connectivity index (χ1) is 14.6. The van der Waals surface area contributed by atoms with Gasteiger partial charge in [-0.15, -0.1) is 5.10 Å². The summed E-state index contributed by atoms with van der Waals surface area (Å²) in [7, 11) is 0. The third-order valence-electron chi connectivity index (χ3n) is 5.31. The van der Waals surface area contributed by atoms with Crippen LogP contribution in [-0.4, -0.2) is 20.5 Å². The fourth-order valence-corrected chi connectivity index (χ4v) is 4.94. The highest BCUT2D eigenvalue weighted by Gasteiger charge is 2.37. The second-order valence-corrected chi connectivity index (χ2v) is 8.68. The Morgan fingerprint density at radius 3 is 2.90 bits per heavy atom. The minimum Gasteiger partial charge on any atom is -0.328 e. The highest BCUT2D eigenvalue weighted by Crippen LogP contribution is 2.41. The van der Waals surface area contributed by atoms with Gasteiger partial charge in [0, 0.05) is 34.0 Å². The SMILES string of the molecule is O=C1CCCC2=C1[C@@H](c1ccccc1F)n1nc(SCc3cccc(Cl)c3)nc1N2. The smallest absolute Gasteiger partial charge is 0.227 e. The van der Waals surface area contributed by atoms with E-state index in [9.17, 15) is 9.18 Å². The number of halogens is 2. The number of carbonyl (C=O) groups excluding carboxylic acids is 1. The summed E-state index contributed by atoms with van der Waals surface area (Å²) < 4.78 is 16.4. The van der Waals surface area contributed by atoms with Gasteiger partial charge < -0.3 is 5.32 Å². The minimum absolute atomic E-state index is 0.0336. The summed E-state index contributed by atoms with van der Waals surface area (Å²) in [5, 5.41) is 9.14. The first-order valence-electron chi connectivity index (χ1n) is 9.71. The number of Topliss-reactive ketones (excluding diaryl/α,β-unsaturated/α-hetero) is 1. The van der Waals surface area contributed by atoms with E-state index < -0.39 is 6.04 Å². The molecule has 1 aliphatic heterocycles. The molecule has 152 valence electrons.